The molecule has 108 valence electrons. The highest BCUT2D eigenvalue weighted by Gasteiger charge is 2.48. The Morgan fingerprint density at radius 1 is 1.37 bits per heavy atom. The molecule has 4 N–H and O–H groups in total. The third kappa shape index (κ3) is 2.74. The number of fused-ring (bicyclic) bond motifs is 1. The molecule has 0 saturated carbocycles. The van der Waals surface area contributed by atoms with E-state index >= 15 is 0 Å². The number of nitrogens with one attached hydrogen (secondary N) is 1. The van der Waals surface area contributed by atoms with Crippen LogP contribution in [0, 0.1) is 0 Å². The van der Waals surface area contributed by atoms with E-state index in [4.69, 9.17) is 9.84 Å². The summed E-state index contributed by atoms with van der Waals surface area (Å²) in [6.07, 6.45) is -1.69. The Kier molecular flexibility index (Phi) is 4.25. The van der Waals surface area contributed by atoms with Crippen molar-refractivity contribution >= 4 is 28.7 Å². The molecular weight excluding hydrogens is 288 g/mol. The van der Waals surface area contributed by atoms with Crippen LogP contribution in [0.25, 0.3) is 0 Å². The highest BCUT2D eigenvalue weighted by atomic mass is 32.2. The van der Waals surface area contributed by atoms with E-state index in [2.05, 4.69) is 10.3 Å². The molecule has 3 heterocycles. The van der Waals surface area contributed by atoms with Crippen LogP contribution in [0.15, 0.2) is 4.99 Å². The van der Waals surface area contributed by atoms with Crippen molar-refractivity contribution in [3.8, 4) is 0 Å². The highest BCUT2D eigenvalue weighted by molar-refractivity contribution is 8.14. The summed E-state index contributed by atoms with van der Waals surface area (Å²) in [6, 6.07) is -0.0357. The lowest BCUT2D eigenvalue weighted by atomic mass is 9.99. The van der Waals surface area contributed by atoms with E-state index in [1.165, 1.54) is 11.8 Å². The summed E-state index contributed by atoms with van der Waals surface area (Å²) in [5, 5.41) is 33.1. The summed E-state index contributed by atoms with van der Waals surface area (Å²) in [7, 11) is 0. The van der Waals surface area contributed by atoms with Gasteiger partial charge in [-0.05, 0) is 12.2 Å². The van der Waals surface area contributed by atoms with Gasteiger partial charge in [0.05, 0.1) is 6.61 Å². The van der Waals surface area contributed by atoms with Crippen molar-refractivity contribution in [1.29, 1.82) is 0 Å². The number of rotatable bonds is 2. The molecule has 3 aliphatic heterocycles. The molecule has 0 aliphatic carbocycles. The topological polar surface area (TPSA) is 94.3 Å². The zero-order chi connectivity index (χ0) is 13.4. The third-order valence-corrected chi connectivity index (χ3v) is 5.83. The Hall–Kier alpha value is 0.01000. The van der Waals surface area contributed by atoms with Crippen LogP contribution in [0.1, 0.15) is 6.42 Å². The lowest BCUT2D eigenvalue weighted by Gasteiger charge is -2.37. The van der Waals surface area contributed by atoms with E-state index in [-0.39, 0.29) is 12.0 Å². The summed E-state index contributed by atoms with van der Waals surface area (Å²) in [6.45, 7) is -0.302. The number of hydrogen-bond donors (Lipinski definition) is 4. The molecule has 8 heteroatoms. The van der Waals surface area contributed by atoms with E-state index in [0.29, 0.717) is 6.04 Å². The third-order valence-electron chi connectivity index (χ3n) is 3.60. The molecule has 0 radical (unpaired) electrons. The summed E-state index contributed by atoms with van der Waals surface area (Å²) in [5.74, 6) is 2.23. The molecule has 6 atom stereocenters. The normalized spacial score (nSPS) is 45.9. The molecule has 6 nitrogen and oxygen atoms in total. The van der Waals surface area contributed by atoms with Gasteiger partial charge in [0.2, 0.25) is 0 Å². The molecule has 19 heavy (non-hydrogen) atoms. The Morgan fingerprint density at radius 3 is 2.89 bits per heavy atom. The van der Waals surface area contributed by atoms with Gasteiger partial charge in [0.15, 0.2) is 5.17 Å². The number of aliphatic hydroxyl groups excluding tert-OH is 3. The molecule has 0 bridgehead atoms. The molecule has 0 spiro atoms. The van der Waals surface area contributed by atoms with Crippen molar-refractivity contribution in [2.75, 3.05) is 18.1 Å². The van der Waals surface area contributed by atoms with Gasteiger partial charge in [0.1, 0.15) is 29.8 Å². The number of aliphatic imine (C=N–C) groups is 1. The van der Waals surface area contributed by atoms with Gasteiger partial charge in [-0.3, -0.25) is 4.99 Å². The molecule has 6 unspecified atom stereocenters. The number of thioether (sulfide) groups is 2. The maximum Gasteiger partial charge on any atom is 0.159 e. The molecule has 3 rings (SSSR count). The maximum absolute atomic E-state index is 10.0. The smallest absolute Gasteiger partial charge is 0.159 e. The zero-order valence-electron chi connectivity index (χ0n) is 10.3. The summed E-state index contributed by atoms with van der Waals surface area (Å²) < 4.78 is 5.58. The first-order chi connectivity index (χ1) is 9.19. The second-order valence-corrected chi connectivity index (χ2v) is 7.19. The summed E-state index contributed by atoms with van der Waals surface area (Å²) in [4.78, 5) is 4.42. The van der Waals surface area contributed by atoms with E-state index in [1.807, 2.05) is 11.8 Å². The summed E-state index contributed by atoms with van der Waals surface area (Å²) in [5.41, 5.74) is -0.327. The Balaban J connectivity index is 1.65. The molecule has 0 aromatic rings. The van der Waals surface area contributed by atoms with Crippen LogP contribution in [0.4, 0.5) is 0 Å². The second-order valence-electron chi connectivity index (χ2n) is 4.95. The van der Waals surface area contributed by atoms with Gasteiger partial charge in [-0.25, -0.2) is 0 Å². The fourth-order valence-electron chi connectivity index (χ4n) is 2.47. The van der Waals surface area contributed by atoms with Crippen molar-refractivity contribution in [3.63, 3.8) is 0 Å². The highest BCUT2D eigenvalue weighted by Crippen LogP contribution is 2.36. The molecule has 2 fully saturated rings. The van der Waals surface area contributed by atoms with Crippen LogP contribution in [-0.2, 0) is 4.74 Å². The predicted octanol–water partition coefficient (Wildman–Crippen LogP) is -1.01. The largest absolute Gasteiger partial charge is 0.394 e. The number of ether oxygens (including phenoxy) is 1. The number of aliphatic hydroxyl groups is 3. The van der Waals surface area contributed by atoms with Gasteiger partial charge < -0.3 is 25.4 Å². The lowest BCUT2D eigenvalue weighted by molar-refractivity contribution is -0.164. The fourth-order valence-corrected chi connectivity index (χ4v) is 4.82. The Morgan fingerprint density at radius 2 is 2.21 bits per heavy atom. The zero-order valence-corrected chi connectivity index (χ0v) is 11.9. The summed E-state index contributed by atoms with van der Waals surface area (Å²) >= 11 is 3.35. The second kappa shape index (κ2) is 5.79. The fraction of sp³-hybridized carbons (Fsp3) is 0.909. The van der Waals surface area contributed by atoms with Crippen LogP contribution < -0.4 is 5.32 Å². The Bertz CT molecular complexity index is 365. The minimum Gasteiger partial charge on any atom is -0.394 e. The first kappa shape index (κ1) is 14.0. The predicted molar refractivity (Wildman–Crippen MR) is 75.4 cm³/mol. The van der Waals surface area contributed by atoms with Crippen LogP contribution in [0.3, 0.4) is 0 Å². The minimum atomic E-state index is -1.09. The molecule has 0 aromatic carbocycles. The SMILES string of the molecule is OCC1OC2SC(NC3CCSC3)=NC2C(O)C1O. The minimum absolute atomic E-state index is 0.302. The molecule has 0 amide bonds. The van der Waals surface area contributed by atoms with Crippen LogP contribution in [0.5, 0.6) is 0 Å². The van der Waals surface area contributed by atoms with E-state index in [0.717, 1.165) is 23.1 Å². The lowest BCUT2D eigenvalue weighted by Crippen LogP contribution is -2.55. The average Bonchev–Trinajstić information content (AvgIpc) is 3.03. The van der Waals surface area contributed by atoms with Crippen molar-refractivity contribution in [1.82, 2.24) is 5.32 Å². The molecule has 3 aliphatic rings. The monoisotopic (exact) mass is 306 g/mol. The molecular formula is C11H18N2O4S2. The van der Waals surface area contributed by atoms with Crippen LogP contribution >= 0.6 is 23.5 Å². The number of amidine groups is 1. The van der Waals surface area contributed by atoms with Gasteiger partial charge in [-0.15, -0.1) is 0 Å². The maximum atomic E-state index is 10.0. The average molecular weight is 306 g/mol. The molecule has 2 saturated heterocycles. The van der Waals surface area contributed by atoms with Gasteiger partial charge in [-0.2, -0.15) is 11.8 Å². The molecule has 0 aromatic heterocycles. The van der Waals surface area contributed by atoms with E-state index < -0.39 is 24.4 Å². The number of hydrogen-bond acceptors (Lipinski definition) is 8. The first-order valence-electron chi connectivity index (χ1n) is 6.40. The van der Waals surface area contributed by atoms with Crippen molar-refractivity contribution in [3.05, 3.63) is 0 Å². The standard InChI is InChI=1S/C11H18N2O4S2/c14-3-6-8(15)9(16)7-10(17-6)19-11(13-7)12-5-1-2-18-4-5/h5-10,14-16H,1-4H2,(H,12,13). The Labute approximate surface area is 120 Å². The van der Waals surface area contributed by atoms with Crippen molar-refractivity contribution in [2.24, 2.45) is 4.99 Å². The number of nitrogens with zero attached hydrogens (tertiary/aromatic N) is 1. The van der Waals surface area contributed by atoms with Gasteiger partial charge in [0.25, 0.3) is 0 Å². The van der Waals surface area contributed by atoms with E-state index in [1.54, 1.807) is 0 Å². The van der Waals surface area contributed by atoms with Crippen LogP contribution in [-0.4, -0.2) is 74.4 Å². The van der Waals surface area contributed by atoms with E-state index in [9.17, 15) is 10.2 Å². The van der Waals surface area contributed by atoms with Crippen LogP contribution in [0.2, 0.25) is 0 Å². The van der Waals surface area contributed by atoms with Gasteiger partial charge in [0, 0.05) is 11.8 Å². The van der Waals surface area contributed by atoms with Gasteiger partial charge >= 0.3 is 0 Å². The van der Waals surface area contributed by atoms with Gasteiger partial charge in [-0.1, -0.05) is 11.8 Å². The first-order valence-corrected chi connectivity index (χ1v) is 8.43. The quantitative estimate of drug-likeness (QED) is 0.519. The van der Waals surface area contributed by atoms with Crippen molar-refractivity contribution < 1.29 is 20.1 Å². The van der Waals surface area contributed by atoms with Crippen molar-refractivity contribution in [2.45, 2.75) is 42.3 Å².